The van der Waals surface area contributed by atoms with E-state index < -0.39 is 36.4 Å². The molecule has 0 aliphatic carbocycles. The van der Waals surface area contributed by atoms with Crippen LogP contribution in [0.2, 0.25) is 0 Å². The van der Waals surface area contributed by atoms with Gasteiger partial charge in [-0.2, -0.15) is 0 Å². The zero-order valence-electron chi connectivity index (χ0n) is 22.6. The fourth-order valence-electron chi connectivity index (χ4n) is 5.71. The zero-order chi connectivity index (χ0) is 29.2. The molecule has 1 saturated heterocycles. The summed E-state index contributed by atoms with van der Waals surface area (Å²) in [4.78, 5) is 33.1. The molecule has 0 radical (unpaired) electrons. The number of aliphatic carboxylic acids is 3. The Morgan fingerprint density at radius 1 is 0.850 bits per heavy atom. The van der Waals surface area contributed by atoms with Gasteiger partial charge < -0.3 is 34.6 Å². The van der Waals surface area contributed by atoms with Crippen LogP contribution < -0.4 is 14.2 Å². The lowest BCUT2D eigenvalue weighted by molar-refractivity contribution is -0.170. The molecule has 0 amide bonds. The van der Waals surface area contributed by atoms with Crippen LogP contribution >= 0.6 is 0 Å². The molecule has 1 fully saturated rings. The molecule has 2 aliphatic rings. The molecule has 11 heteroatoms. The molecule has 1 atom stereocenters. The highest BCUT2D eigenvalue weighted by atomic mass is 16.5. The number of carboxylic acid groups (broad SMARTS) is 3. The number of hydrogen-bond acceptors (Lipinski definition) is 8. The van der Waals surface area contributed by atoms with Gasteiger partial charge in [-0.1, -0.05) is 6.07 Å². The smallest absolute Gasteiger partial charge is 0.336 e. The molecule has 11 nitrogen and oxygen atoms in total. The average Bonchev–Trinajstić information content (AvgIpc) is 3.38. The summed E-state index contributed by atoms with van der Waals surface area (Å²) in [6.07, 6.45) is 1.45. The van der Waals surface area contributed by atoms with Crippen molar-refractivity contribution in [2.75, 3.05) is 27.9 Å². The predicted molar refractivity (Wildman–Crippen MR) is 145 cm³/mol. The summed E-state index contributed by atoms with van der Waals surface area (Å²) in [5.74, 6) is -2.58. The highest BCUT2D eigenvalue weighted by Gasteiger charge is 2.40. The van der Waals surface area contributed by atoms with Crippen LogP contribution in [-0.2, 0) is 27.3 Å². The van der Waals surface area contributed by atoms with Crippen molar-refractivity contribution in [2.45, 2.75) is 50.3 Å². The Labute approximate surface area is 230 Å². The number of aliphatic hydroxyl groups is 1. The van der Waals surface area contributed by atoms with Crippen molar-refractivity contribution in [3.05, 3.63) is 41.5 Å². The summed E-state index contributed by atoms with van der Waals surface area (Å²) >= 11 is 0. The van der Waals surface area contributed by atoms with Gasteiger partial charge in [0.1, 0.15) is 5.75 Å². The molecule has 40 heavy (non-hydrogen) atoms. The Bertz CT molecular complexity index is 1450. The number of fused-ring (bicyclic) bond motifs is 7. The highest BCUT2D eigenvalue weighted by molar-refractivity contribution is 6.12. The van der Waals surface area contributed by atoms with Crippen LogP contribution in [0.3, 0.4) is 0 Å². The van der Waals surface area contributed by atoms with Crippen LogP contribution in [0.15, 0.2) is 30.3 Å². The van der Waals surface area contributed by atoms with E-state index >= 15 is 0 Å². The van der Waals surface area contributed by atoms with Crippen molar-refractivity contribution in [2.24, 2.45) is 0 Å². The molecule has 214 valence electrons. The van der Waals surface area contributed by atoms with Crippen LogP contribution in [0.4, 0.5) is 0 Å². The van der Waals surface area contributed by atoms with Gasteiger partial charge in [-0.25, -0.2) is 4.79 Å². The topological polar surface area (TPSA) is 163 Å². The van der Waals surface area contributed by atoms with Crippen molar-refractivity contribution in [1.29, 1.82) is 0 Å². The molecule has 3 aromatic carbocycles. The lowest BCUT2D eigenvalue weighted by Crippen LogP contribution is -2.42. The Morgan fingerprint density at radius 2 is 1.45 bits per heavy atom. The van der Waals surface area contributed by atoms with Crippen LogP contribution in [0.5, 0.6) is 17.2 Å². The largest absolute Gasteiger partial charge is 0.497 e. The van der Waals surface area contributed by atoms with Gasteiger partial charge in [0.15, 0.2) is 17.1 Å². The van der Waals surface area contributed by atoms with Crippen LogP contribution in [0.25, 0.3) is 21.5 Å². The molecule has 5 rings (SSSR count). The van der Waals surface area contributed by atoms with Crippen molar-refractivity contribution in [3.63, 3.8) is 0 Å². The first-order valence-electron chi connectivity index (χ1n) is 12.8. The van der Waals surface area contributed by atoms with E-state index in [-0.39, 0.29) is 0 Å². The summed E-state index contributed by atoms with van der Waals surface area (Å²) in [7, 11) is 5.12. The number of ether oxygens (including phenoxy) is 3. The first kappa shape index (κ1) is 28.9. The minimum atomic E-state index is -2.74. The molecular formula is C29H33NO10. The second-order valence-corrected chi connectivity index (χ2v) is 10.1. The molecule has 2 heterocycles. The van der Waals surface area contributed by atoms with Gasteiger partial charge in [-0.15, -0.1) is 0 Å². The van der Waals surface area contributed by atoms with E-state index in [1.165, 1.54) is 52.1 Å². The van der Waals surface area contributed by atoms with E-state index in [1.807, 2.05) is 0 Å². The second-order valence-electron chi connectivity index (χ2n) is 10.1. The molecule has 4 N–H and O–H groups in total. The maximum Gasteiger partial charge on any atom is 0.336 e. The third kappa shape index (κ3) is 5.61. The average molecular weight is 556 g/mol. The van der Waals surface area contributed by atoms with E-state index in [0.29, 0.717) is 6.04 Å². The summed E-state index contributed by atoms with van der Waals surface area (Å²) in [5.41, 5.74) is 0.204. The van der Waals surface area contributed by atoms with Gasteiger partial charge in [-0.05, 0) is 82.7 Å². The molecule has 0 bridgehead atoms. The minimum Gasteiger partial charge on any atom is -0.497 e. The van der Waals surface area contributed by atoms with Crippen molar-refractivity contribution >= 4 is 39.5 Å². The molecular weight excluding hydrogens is 522 g/mol. The molecule has 0 saturated carbocycles. The van der Waals surface area contributed by atoms with E-state index in [2.05, 4.69) is 35.2 Å². The lowest BCUT2D eigenvalue weighted by Gasteiger charge is -2.33. The lowest BCUT2D eigenvalue weighted by atomic mass is 9.85. The van der Waals surface area contributed by atoms with Crippen LogP contribution in [0.1, 0.15) is 36.8 Å². The standard InChI is InChI=1S/C23H25NO3.C6H8O7/c1-25-15-6-7-16-17-9-14-5-4-8-24(14)13-21(17)20-12-23(27-3)22(26-2)11-19(20)18(16)10-15;7-3(8)1-6(13,5(11)12)2-4(9)10/h6-7,10-12,14H,4-5,8-9,13H2,1-3H3;13H,1-2H2,(H,7,8)(H,9,10)(H,11,12)/t14-;/m0./s1. The molecule has 3 aromatic rings. The summed E-state index contributed by atoms with van der Waals surface area (Å²) in [5, 5.41) is 38.9. The Hall–Kier alpha value is -4.09. The maximum atomic E-state index is 10.3. The Balaban J connectivity index is 0.000000243. The Kier molecular flexibility index (Phi) is 8.36. The summed E-state index contributed by atoms with van der Waals surface area (Å²) in [6, 6.07) is 11.4. The predicted octanol–water partition coefficient (Wildman–Crippen LogP) is 3.29. The molecule has 0 spiro atoms. The number of nitrogens with zero attached hydrogens (tertiary/aromatic N) is 1. The summed E-state index contributed by atoms with van der Waals surface area (Å²) < 4.78 is 16.7. The van der Waals surface area contributed by atoms with E-state index in [1.54, 1.807) is 21.3 Å². The van der Waals surface area contributed by atoms with Crippen molar-refractivity contribution in [1.82, 2.24) is 4.90 Å². The van der Waals surface area contributed by atoms with Crippen molar-refractivity contribution in [3.8, 4) is 17.2 Å². The van der Waals surface area contributed by atoms with Gasteiger partial charge in [0.2, 0.25) is 0 Å². The number of methoxy groups -OCH3 is 3. The molecule has 2 aliphatic heterocycles. The number of benzene rings is 3. The van der Waals surface area contributed by atoms with Crippen LogP contribution in [0, 0.1) is 0 Å². The third-order valence-corrected chi connectivity index (χ3v) is 7.64. The first-order valence-corrected chi connectivity index (χ1v) is 12.8. The van der Waals surface area contributed by atoms with Gasteiger partial charge in [0.05, 0.1) is 34.2 Å². The van der Waals surface area contributed by atoms with Gasteiger partial charge in [0.25, 0.3) is 0 Å². The fourth-order valence-corrected chi connectivity index (χ4v) is 5.71. The number of hydrogen-bond donors (Lipinski definition) is 4. The minimum absolute atomic E-state index is 0.681. The number of carbonyl (C=O) groups is 3. The third-order valence-electron chi connectivity index (χ3n) is 7.64. The maximum absolute atomic E-state index is 10.3. The number of carboxylic acids is 3. The SMILES string of the molecule is COc1ccc2c3c(c4cc(OC)c(OC)cc4c2c1)CN1CCC[C@H]1C3.O=C(O)CC(O)(CC(=O)O)C(=O)O. The summed E-state index contributed by atoms with van der Waals surface area (Å²) in [6.45, 7) is 2.23. The van der Waals surface area contributed by atoms with Crippen LogP contribution in [-0.4, -0.2) is 82.8 Å². The second kappa shape index (κ2) is 11.6. The molecule has 0 unspecified atom stereocenters. The van der Waals surface area contributed by atoms with E-state index in [9.17, 15) is 14.4 Å². The van der Waals surface area contributed by atoms with E-state index in [0.717, 1.165) is 30.2 Å². The van der Waals surface area contributed by atoms with Gasteiger partial charge >= 0.3 is 17.9 Å². The van der Waals surface area contributed by atoms with Gasteiger partial charge in [0, 0.05) is 12.6 Å². The van der Waals surface area contributed by atoms with Gasteiger partial charge in [-0.3, -0.25) is 14.5 Å². The monoisotopic (exact) mass is 555 g/mol. The zero-order valence-corrected chi connectivity index (χ0v) is 22.6. The number of rotatable bonds is 8. The van der Waals surface area contributed by atoms with E-state index in [4.69, 9.17) is 34.6 Å². The molecule has 0 aromatic heterocycles. The first-order chi connectivity index (χ1) is 19.0. The van der Waals surface area contributed by atoms with Crippen molar-refractivity contribution < 1.29 is 49.0 Å². The Morgan fingerprint density at radius 3 is 2.00 bits per heavy atom. The quantitative estimate of drug-likeness (QED) is 0.302. The fraction of sp³-hybridized carbons (Fsp3) is 0.414. The normalized spacial score (nSPS) is 16.4. The highest BCUT2D eigenvalue weighted by Crippen LogP contribution is 2.44.